The number of ether oxygens (including phenoxy) is 2. The Bertz CT molecular complexity index is 379. The lowest BCUT2D eigenvalue weighted by Gasteiger charge is -2.10. The number of carbonyl (C=O) groups is 1. The molecule has 0 radical (unpaired) electrons. The van der Waals surface area contributed by atoms with Gasteiger partial charge < -0.3 is 14.8 Å². The number of hydrogen-bond donors (Lipinski definition) is 1. The molecule has 6 heteroatoms. The van der Waals surface area contributed by atoms with Crippen LogP contribution in [-0.2, 0) is 9.47 Å². The van der Waals surface area contributed by atoms with Crippen LogP contribution in [0.2, 0.25) is 0 Å². The second-order valence-electron chi connectivity index (χ2n) is 3.65. The van der Waals surface area contributed by atoms with Crippen LogP contribution in [0, 0.1) is 6.92 Å². The van der Waals surface area contributed by atoms with Crippen molar-refractivity contribution in [2.45, 2.75) is 26.8 Å². The normalized spacial score (nSPS) is 12.2. The first-order valence-corrected chi connectivity index (χ1v) is 6.30. The Morgan fingerprint density at radius 2 is 2.29 bits per heavy atom. The van der Waals surface area contributed by atoms with Gasteiger partial charge in [-0.25, -0.2) is 9.78 Å². The van der Waals surface area contributed by atoms with Gasteiger partial charge in [0.05, 0.1) is 13.2 Å². The van der Waals surface area contributed by atoms with E-state index in [1.165, 1.54) is 11.3 Å². The number of aromatic nitrogens is 1. The van der Waals surface area contributed by atoms with Gasteiger partial charge in [0.1, 0.15) is 0 Å². The molecule has 1 aromatic heterocycles. The molecule has 0 aliphatic heterocycles. The van der Waals surface area contributed by atoms with Crippen molar-refractivity contribution in [2.75, 3.05) is 25.6 Å². The molecular weight excluding hydrogens is 240 g/mol. The highest BCUT2D eigenvalue weighted by atomic mass is 32.1. The minimum atomic E-state index is -0.367. The summed E-state index contributed by atoms with van der Waals surface area (Å²) in [5.74, 6) is -0.367. The summed E-state index contributed by atoms with van der Waals surface area (Å²) < 4.78 is 9.95. The number of anilines is 1. The molecule has 0 saturated carbocycles. The third kappa shape index (κ3) is 3.98. The Hall–Kier alpha value is -1.14. The number of rotatable bonds is 6. The highest BCUT2D eigenvalue weighted by Gasteiger charge is 2.17. The van der Waals surface area contributed by atoms with Gasteiger partial charge in [-0.1, -0.05) is 0 Å². The summed E-state index contributed by atoms with van der Waals surface area (Å²) in [6, 6.07) is 0.153. The molecule has 1 N–H and O–H groups in total. The second kappa shape index (κ2) is 6.56. The molecule has 0 saturated heterocycles. The van der Waals surface area contributed by atoms with E-state index in [0.29, 0.717) is 18.9 Å². The Kier molecular flexibility index (Phi) is 5.37. The van der Waals surface area contributed by atoms with Crippen molar-refractivity contribution in [3.05, 3.63) is 10.6 Å². The van der Waals surface area contributed by atoms with E-state index in [0.717, 1.165) is 10.0 Å². The number of methoxy groups -OCH3 is 1. The molecule has 1 atom stereocenters. The van der Waals surface area contributed by atoms with E-state index in [-0.39, 0.29) is 12.0 Å². The van der Waals surface area contributed by atoms with E-state index in [1.54, 1.807) is 14.0 Å². The summed E-state index contributed by atoms with van der Waals surface area (Å²) >= 11 is 1.44. The van der Waals surface area contributed by atoms with Gasteiger partial charge in [-0.3, -0.25) is 0 Å². The Morgan fingerprint density at radius 1 is 1.59 bits per heavy atom. The van der Waals surface area contributed by atoms with Crippen LogP contribution in [0.25, 0.3) is 0 Å². The third-order valence-electron chi connectivity index (χ3n) is 2.05. The van der Waals surface area contributed by atoms with Gasteiger partial charge in [-0.15, -0.1) is 11.3 Å². The van der Waals surface area contributed by atoms with Crippen LogP contribution in [0.5, 0.6) is 0 Å². The minimum Gasteiger partial charge on any atom is -0.461 e. The zero-order valence-electron chi connectivity index (χ0n) is 10.6. The molecule has 0 fully saturated rings. The Labute approximate surface area is 105 Å². The standard InChI is InChI=1S/C11H18N2O3S/c1-5-16-10(14)9-8(3)17-11(13-9)12-7(2)6-15-4/h7H,5-6H2,1-4H3,(H,12,13). The molecule has 0 amide bonds. The van der Waals surface area contributed by atoms with Crippen molar-refractivity contribution in [3.8, 4) is 0 Å². The molecular formula is C11H18N2O3S. The van der Waals surface area contributed by atoms with Gasteiger partial charge in [0, 0.05) is 18.0 Å². The van der Waals surface area contributed by atoms with Crippen LogP contribution in [0.4, 0.5) is 5.13 Å². The van der Waals surface area contributed by atoms with Gasteiger partial charge in [-0.2, -0.15) is 0 Å². The van der Waals surface area contributed by atoms with Gasteiger partial charge in [0.25, 0.3) is 0 Å². The molecule has 17 heavy (non-hydrogen) atoms. The van der Waals surface area contributed by atoms with E-state index in [9.17, 15) is 4.79 Å². The number of carbonyl (C=O) groups excluding carboxylic acids is 1. The van der Waals surface area contributed by atoms with Gasteiger partial charge in [-0.05, 0) is 20.8 Å². The monoisotopic (exact) mass is 258 g/mol. The lowest BCUT2D eigenvalue weighted by Crippen LogP contribution is -2.20. The summed E-state index contributed by atoms with van der Waals surface area (Å²) in [6.45, 7) is 6.58. The number of hydrogen-bond acceptors (Lipinski definition) is 6. The quantitative estimate of drug-likeness (QED) is 0.792. The van der Waals surface area contributed by atoms with Gasteiger partial charge >= 0.3 is 5.97 Å². The molecule has 1 aromatic rings. The highest BCUT2D eigenvalue weighted by molar-refractivity contribution is 7.15. The van der Waals surface area contributed by atoms with Crippen LogP contribution >= 0.6 is 11.3 Å². The van der Waals surface area contributed by atoms with Crippen LogP contribution in [0.3, 0.4) is 0 Å². The Balaban J connectivity index is 2.70. The number of nitrogens with zero attached hydrogens (tertiary/aromatic N) is 1. The topological polar surface area (TPSA) is 60.5 Å². The molecule has 5 nitrogen and oxygen atoms in total. The van der Waals surface area contributed by atoms with Crippen LogP contribution in [0.1, 0.15) is 29.2 Å². The predicted octanol–water partition coefficient (Wildman–Crippen LogP) is 2.08. The van der Waals surface area contributed by atoms with Crippen LogP contribution in [0.15, 0.2) is 0 Å². The van der Waals surface area contributed by atoms with Crippen molar-refractivity contribution in [3.63, 3.8) is 0 Å². The van der Waals surface area contributed by atoms with Crippen molar-refractivity contribution in [2.24, 2.45) is 0 Å². The zero-order valence-corrected chi connectivity index (χ0v) is 11.4. The smallest absolute Gasteiger partial charge is 0.358 e. The van der Waals surface area contributed by atoms with E-state index >= 15 is 0 Å². The second-order valence-corrected chi connectivity index (χ2v) is 4.85. The van der Waals surface area contributed by atoms with Crippen LogP contribution in [-0.4, -0.2) is 37.3 Å². The summed E-state index contributed by atoms with van der Waals surface area (Å²) in [5.41, 5.74) is 0.393. The molecule has 96 valence electrons. The summed E-state index contributed by atoms with van der Waals surface area (Å²) in [4.78, 5) is 16.6. The van der Waals surface area contributed by atoms with Crippen molar-refractivity contribution >= 4 is 22.4 Å². The average molecular weight is 258 g/mol. The number of thiazole rings is 1. The molecule has 0 aliphatic carbocycles. The molecule has 1 heterocycles. The van der Waals surface area contributed by atoms with Crippen molar-refractivity contribution in [1.29, 1.82) is 0 Å². The summed E-state index contributed by atoms with van der Waals surface area (Å²) in [7, 11) is 1.65. The molecule has 0 aliphatic rings. The fourth-order valence-corrected chi connectivity index (χ4v) is 2.26. The minimum absolute atomic E-state index is 0.153. The predicted molar refractivity (Wildman–Crippen MR) is 67.8 cm³/mol. The largest absolute Gasteiger partial charge is 0.461 e. The van der Waals surface area contributed by atoms with Crippen LogP contribution < -0.4 is 5.32 Å². The van der Waals surface area contributed by atoms with E-state index in [4.69, 9.17) is 9.47 Å². The maximum Gasteiger partial charge on any atom is 0.358 e. The zero-order chi connectivity index (χ0) is 12.8. The van der Waals surface area contributed by atoms with Gasteiger partial charge in [0.2, 0.25) is 0 Å². The Morgan fingerprint density at radius 3 is 2.88 bits per heavy atom. The highest BCUT2D eigenvalue weighted by Crippen LogP contribution is 2.23. The van der Waals surface area contributed by atoms with E-state index < -0.39 is 0 Å². The third-order valence-corrected chi connectivity index (χ3v) is 2.95. The van der Waals surface area contributed by atoms with Gasteiger partial charge in [0.15, 0.2) is 10.8 Å². The SMILES string of the molecule is CCOC(=O)c1nc(NC(C)COC)sc1C. The fraction of sp³-hybridized carbons (Fsp3) is 0.636. The first kappa shape index (κ1) is 13.9. The molecule has 0 aromatic carbocycles. The van der Waals surface area contributed by atoms with E-state index in [2.05, 4.69) is 10.3 Å². The summed E-state index contributed by atoms with van der Waals surface area (Å²) in [6.07, 6.45) is 0. The average Bonchev–Trinajstić information content (AvgIpc) is 2.60. The first-order valence-electron chi connectivity index (χ1n) is 5.48. The number of aryl methyl sites for hydroxylation is 1. The van der Waals surface area contributed by atoms with Crippen molar-refractivity contribution in [1.82, 2.24) is 4.98 Å². The van der Waals surface area contributed by atoms with E-state index in [1.807, 2.05) is 13.8 Å². The first-order chi connectivity index (χ1) is 8.08. The molecule has 1 unspecified atom stereocenters. The number of nitrogens with one attached hydrogen (secondary N) is 1. The maximum atomic E-state index is 11.6. The maximum absolute atomic E-state index is 11.6. The van der Waals surface area contributed by atoms with Crippen molar-refractivity contribution < 1.29 is 14.3 Å². The molecule has 0 bridgehead atoms. The lowest BCUT2D eigenvalue weighted by atomic mass is 10.4. The fourth-order valence-electron chi connectivity index (χ4n) is 1.35. The summed E-state index contributed by atoms with van der Waals surface area (Å²) in [5, 5.41) is 3.89. The molecule has 0 spiro atoms. The lowest BCUT2D eigenvalue weighted by molar-refractivity contribution is 0.0519. The number of esters is 1. The molecule has 1 rings (SSSR count).